The van der Waals surface area contributed by atoms with E-state index in [4.69, 9.17) is 10.5 Å². The molecule has 0 radical (unpaired) electrons. The lowest BCUT2D eigenvalue weighted by atomic mass is 9.92. The smallest absolute Gasteiger partial charge is 0.417 e. The normalized spacial score (nSPS) is 20.9. The van der Waals surface area contributed by atoms with Crippen LogP contribution in [0.3, 0.4) is 0 Å². The molecule has 4 heterocycles. The number of nitrogens with zero attached hydrogens (tertiary/aromatic N) is 4. The van der Waals surface area contributed by atoms with Crippen LogP contribution in [0.4, 0.5) is 32.8 Å². The van der Waals surface area contributed by atoms with Crippen molar-refractivity contribution in [2.45, 2.75) is 56.5 Å². The predicted molar refractivity (Wildman–Crippen MR) is 145 cm³/mol. The summed E-state index contributed by atoms with van der Waals surface area (Å²) in [7, 11) is 0. The lowest BCUT2D eigenvalue weighted by Crippen LogP contribution is -2.51. The van der Waals surface area contributed by atoms with Crippen LogP contribution in [0, 0.1) is 23.0 Å². The molecule has 0 amide bonds. The van der Waals surface area contributed by atoms with E-state index in [9.17, 15) is 22.8 Å². The molecule has 3 aliphatic rings. The number of benzene rings is 2. The van der Waals surface area contributed by atoms with Crippen molar-refractivity contribution in [1.82, 2.24) is 15.3 Å². The third-order valence-electron chi connectivity index (χ3n) is 8.24. The van der Waals surface area contributed by atoms with Crippen molar-refractivity contribution in [2.75, 3.05) is 23.7 Å². The second-order valence-electron chi connectivity index (χ2n) is 10.8. The molecule has 2 atom stereocenters. The minimum absolute atomic E-state index is 0.0715. The van der Waals surface area contributed by atoms with Gasteiger partial charge in [-0.3, -0.25) is 0 Å². The number of thiophene rings is 1. The molecule has 212 valence electrons. The number of hydrogen-bond donors (Lipinski definition) is 2. The molecule has 13 heteroatoms. The fraction of sp³-hybridized carbons (Fsp3) is 0.393. The minimum Gasteiger partial charge on any atom is -0.460 e. The molecule has 41 heavy (non-hydrogen) atoms. The number of halogens is 5. The van der Waals surface area contributed by atoms with Crippen LogP contribution in [0.15, 0.2) is 18.2 Å². The van der Waals surface area contributed by atoms with Gasteiger partial charge in [0.1, 0.15) is 34.3 Å². The number of ether oxygens (including phenoxy) is 1. The summed E-state index contributed by atoms with van der Waals surface area (Å²) in [6.45, 7) is 0.989. The van der Waals surface area contributed by atoms with Gasteiger partial charge >= 0.3 is 12.2 Å². The molecular weight excluding hydrogens is 563 g/mol. The quantitative estimate of drug-likeness (QED) is 0.278. The zero-order valence-electron chi connectivity index (χ0n) is 21.5. The second-order valence-corrected chi connectivity index (χ2v) is 11.9. The van der Waals surface area contributed by atoms with Gasteiger partial charge in [-0.25, -0.2) is 8.78 Å². The number of rotatable bonds is 4. The van der Waals surface area contributed by atoms with E-state index in [1.807, 2.05) is 11.0 Å². The van der Waals surface area contributed by atoms with Crippen LogP contribution in [-0.2, 0) is 6.18 Å². The average Bonchev–Trinajstić information content (AvgIpc) is 3.43. The van der Waals surface area contributed by atoms with Gasteiger partial charge in [-0.2, -0.15) is 28.4 Å². The molecule has 7 nitrogen and oxygen atoms in total. The van der Waals surface area contributed by atoms with Crippen molar-refractivity contribution < 1.29 is 26.7 Å². The molecule has 4 aromatic rings. The average molecular weight is 587 g/mol. The van der Waals surface area contributed by atoms with Gasteiger partial charge in [-0.15, -0.1) is 11.3 Å². The number of anilines is 2. The van der Waals surface area contributed by atoms with E-state index in [1.165, 1.54) is 0 Å². The highest BCUT2D eigenvalue weighted by Gasteiger charge is 2.40. The summed E-state index contributed by atoms with van der Waals surface area (Å²) >= 11 is 0.726. The standard InChI is InChI=1S/C28H23F5N6OS/c29-19-7-6-15(20-17(9-34)25(35)41-24(19)20)21-18(28(31,32)33)8-16-23(22(21)30)37-27(40-14-2-1-3-14)38-26(16)39-10-12-4-5-13(11-39)36-12/h6-8,12-14,36H,1-5,10-11,35H2. The lowest BCUT2D eigenvalue weighted by molar-refractivity contribution is -0.137. The first-order valence-corrected chi connectivity index (χ1v) is 14.1. The van der Waals surface area contributed by atoms with Crippen molar-refractivity contribution in [3.8, 4) is 23.2 Å². The maximum Gasteiger partial charge on any atom is 0.417 e. The fourth-order valence-corrected chi connectivity index (χ4v) is 7.04. The molecular formula is C28H23F5N6OS. The topological polar surface area (TPSA) is 100 Å². The molecule has 7 rings (SSSR count). The van der Waals surface area contributed by atoms with E-state index < -0.39 is 28.9 Å². The highest BCUT2D eigenvalue weighted by atomic mass is 32.1. The fourth-order valence-electron chi connectivity index (χ4n) is 6.09. The number of nitrogens with two attached hydrogens (primary N) is 1. The van der Waals surface area contributed by atoms with Crippen LogP contribution < -0.4 is 20.7 Å². The largest absolute Gasteiger partial charge is 0.460 e. The van der Waals surface area contributed by atoms with Crippen molar-refractivity contribution in [3.63, 3.8) is 0 Å². The van der Waals surface area contributed by atoms with E-state index >= 15 is 4.39 Å². The van der Waals surface area contributed by atoms with Gasteiger partial charge in [0.05, 0.1) is 15.8 Å². The van der Waals surface area contributed by atoms with E-state index in [1.54, 1.807) is 0 Å². The molecule has 2 unspecified atom stereocenters. The van der Waals surface area contributed by atoms with Crippen LogP contribution in [0.2, 0.25) is 0 Å². The summed E-state index contributed by atoms with van der Waals surface area (Å²) in [4.78, 5) is 10.7. The Balaban J connectivity index is 1.53. The van der Waals surface area contributed by atoms with Crippen LogP contribution in [-0.4, -0.2) is 41.2 Å². The van der Waals surface area contributed by atoms with E-state index in [2.05, 4.69) is 15.3 Å². The van der Waals surface area contributed by atoms with Gasteiger partial charge < -0.3 is 20.7 Å². The Morgan fingerprint density at radius 3 is 2.46 bits per heavy atom. The van der Waals surface area contributed by atoms with E-state index in [0.717, 1.165) is 61.6 Å². The molecule has 2 aromatic carbocycles. The maximum atomic E-state index is 16.7. The first-order valence-electron chi connectivity index (χ1n) is 13.3. The SMILES string of the molecule is N#Cc1c(N)sc2c(F)ccc(-c3c(C(F)(F)F)cc4c(N5CC6CCC(C5)N6)nc(OC5CCC5)nc4c3F)c12. The molecule has 0 spiro atoms. The third-order valence-corrected chi connectivity index (χ3v) is 9.26. The summed E-state index contributed by atoms with van der Waals surface area (Å²) in [5.41, 5.74) is 2.97. The van der Waals surface area contributed by atoms with Crippen molar-refractivity contribution >= 4 is 43.1 Å². The molecule has 3 fully saturated rings. The number of alkyl halides is 3. The van der Waals surface area contributed by atoms with Gasteiger partial charge in [0.2, 0.25) is 0 Å². The first-order chi connectivity index (χ1) is 19.6. The van der Waals surface area contributed by atoms with Crippen molar-refractivity contribution in [3.05, 3.63) is 41.0 Å². The number of aromatic nitrogens is 2. The van der Waals surface area contributed by atoms with Gasteiger partial charge in [-0.05, 0) is 49.8 Å². The van der Waals surface area contributed by atoms with Crippen molar-refractivity contribution in [1.29, 1.82) is 5.26 Å². The van der Waals surface area contributed by atoms with Crippen molar-refractivity contribution in [2.24, 2.45) is 0 Å². The second kappa shape index (κ2) is 9.39. The predicted octanol–water partition coefficient (Wildman–Crippen LogP) is 6.13. The number of nitriles is 1. The number of fused-ring (bicyclic) bond motifs is 4. The molecule has 2 aromatic heterocycles. The van der Waals surface area contributed by atoms with E-state index in [-0.39, 0.29) is 67.1 Å². The number of hydrogen-bond acceptors (Lipinski definition) is 8. The summed E-state index contributed by atoms with van der Waals surface area (Å²) in [6.07, 6.45) is -0.786. The Kier molecular flexibility index (Phi) is 5.99. The molecule has 1 saturated carbocycles. The van der Waals surface area contributed by atoms with Crippen LogP contribution in [0.25, 0.3) is 32.1 Å². The van der Waals surface area contributed by atoms with E-state index in [0.29, 0.717) is 13.1 Å². The van der Waals surface area contributed by atoms with Gasteiger partial charge in [-0.1, -0.05) is 6.07 Å². The minimum atomic E-state index is -5.00. The summed E-state index contributed by atoms with van der Waals surface area (Å²) in [6, 6.07) is 4.87. The number of nitrogen functional groups attached to an aromatic ring is 1. The summed E-state index contributed by atoms with van der Waals surface area (Å²) in [5.74, 6) is -1.84. The molecule has 1 aliphatic carbocycles. The van der Waals surface area contributed by atoms with Gasteiger partial charge in [0, 0.05) is 41.5 Å². The third kappa shape index (κ3) is 4.23. The van der Waals surface area contributed by atoms with Crippen LogP contribution in [0.1, 0.15) is 43.2 Å². The lowest BCUT2D eigenvalue weighted by Gasteiger charge is -2.35. The highest BCUT2D eigenvalue weighted by Crippen LogP contribution is 2.48. The Hall–Kier alpha value is -3.76. The van der Waals surface area contributed by atoms with Gasteiger partial charge in [0.15, 0.2) is 5.82 Å². The zero-order chi connectivity index (χ0) is 28.6. The Bertz CT molecular complexity index is 1750. The molecule has 2 saturated heterocycles. The maximum absolute atomic E-state index is 16.7. The van der Waals surface area contributed by atoms with Crippen LogP contribution >= 0.6 is 11.3 Å². The number of nitrogens with one attached hydrogen (secondary N) is 1. The monoisotopic (exact) mass is 586 g/mol. The molecule has 3 N–H and O–H groups in total. The Morgan fingerprint density at radius 1 is 1.10 bits per heavy atom. The number of piperazine rings is 1. The summed E-state index contributed by atoms with van der Waals surface area (Å²) in [5, 5.41) is 12.9. The molecule has 2 aliphatic heterocycles. The molecule has 2 bridgehead atoms. The highest BCUT2D eigenvalue weighted by molar-refractivity contribution is 7.23. The van der Waals surface area contributed by atoms with Gasteiger partial charge in [0.25, 0.3) is 0 Å². The Morgan fingerprint density at radius 2 is 1.83 bits per heavy atom. The Labute approximate surface area is 234 Å². The zero-order valence-corrected chi connectivity index (χ0v) is 22.3. The summed E-state index contributed by atoms with van der Waals surface area (Å²) < 4.78 is 81.3. The van der Waals surface area contributed by atoms with Crippen LogP contribution in [0.5, 0.6) is 6.01 Å². The first kappa shape index (κ1) is 26.2.